The SMILES string of the molecule is CN(C)C(=O)c1cc(-c2nn(C(c3ccccc3)(c3ccccc3)c3ccccc3)c3ccnc(OC4CCOCC4)c23)ccn1. The smallest absolute Gasteiger partial charge is 0.271 e. The molecule has 7 rings (SSSR count). The van der Waals surface area contributed by atoms with Crippen LogP contribution in [-0.4, -0.2) is 64.0 Å². The van der Waals surface area contributed by atoms with Crippen LogP contribution in [-0.2, 0) is 10.3 Å². The van der Waals surface area contributed by atoms with E-state index in [-0.39, 0.29) is 12.0 Å². The van der Waals surface area contributed by atoms with Crippen LogP contribution >= 0.6 is 0 Å². The Morgan fingerprint density at radius 3 is 1.93 bits per heavy atom. The van der Waals surface area contributed by atoms with Crippen molar-refractivity contribution in [3.05, 3.63) is 144 Å². The Kier molecular flexibility index (Phi) is 8.03. The first-order chi connectivity index (χ1) is 22.6. The van der Waals surface area contributed by atoms with Crippen molar-refractivity contribution < 1.29 is 14.3 Å². The molecule has 0 radical (unpaired) electrons. The fraction of sp³-hybridized carbons (Fsp3) is 0.211. The summed E-state index contributed by atoms with van der Waals surface area (Å²) in [6, 6.07) is 37.0. The van der Waals surface area contributed by atoms with Crippen molar-refractivity contribution in [2.75, 3.05) is 27.3 Å². The fourth-order valence-corrected chi connectivity index (χ4v) is 6.36. The molecule has 1 amide bonds. The Balaban J connectivity index is 1.57. The van der Waals surface area contributed by atoms with Crippen molar-refractivity contribution in [2.45, 2.75) is 24.5 Å². The molecule has 6 aromatic rings. The summed E-state index contributed by atoms with van der Waals surface area (Å²) in [6.45, 7) is 1.29. The summed E-state index contributed by atoms with van der Waals surface area (Å²) in [5.74, 6) is 0.320. The van der Waals surface area contributed by atoms with E-state index in [9.17, 15) is 4.79 Å². The average Bonchev–Trinajstić information content (AvgIpc) is 3.51. The summed E-state index contributed by atoms with van der Waals surface area (Å²) in [4.78, 5) is 23.7. The number of hydrogen-bond donors (Lipinski definition) is 0. The molecule has 0 bridgehead atoms. The van der Waals surface area contributed by atoms with Crippen LogP contribution in [0.15, 0.2) is 122 Å². The van der Waals surface area contributed by atoms with E-state index in [1.54, 1.807) is 32.6 Å². The van der Waals surface area contributed by atoms with Crippen molar-refractivity contribution >= 4 is 16.8 Å². The zero-order chi connectivity index (χ0) is 31.5. The monoisotopic (exact) mass is 609 g/mol. The highest BCUT2D eigenvalue weighted by atomic mass is 16.5. The molecule has 8 heteroatoms. The molecule has 46 heavy (non-hydrogen) atoms. The van der Waals surface area contributed by atoms with Gasteiger partial charge in [-0.25, -0.2) is 9.67 Å². The first kappa shape index (κ1) is 29.4. The molecule has 0 unspecified atom stereocenters. The third-order valence-corrected chi connectivity index (χ3v) is 8.56. The number of carbonyl (C=O) groups excluding carboxylic acids is 1. The lowest BCUT2D eigenvalue weighted by molar-refractivity contribution is 0.0244. The summed E-state index contributed by atoms with van der Waals surface area (Å²) >= 11 is 0. The molecule has 0 spiro atoms. The van der Waals surface area contributed by atoms with Crippen molar-refractivity contribution in [3.63, 3.8) is 0 Å². The maximum Gasteiger partial charge on any atom is 0.271 e. The van der Waals surface area contributed by atoms with Crippen molar-refractivity contribution in [1.29, 1.82) is 0 Å². The van der Waals surface area contributed by atoms with Gasteiger partial charge in [0.1, 0.15) is 23.0 Å². The molecule has 0 N–H and O–H groups in total. The number of rotatable bonds is 8. The number of nitrogens with zero attached hydrogens (tertiary/aromatic N) is 5. The average molecular weight is 610 g/mol. The molecule has 3 aromatic heterocycles. The van der Waals surface area contributed by atoms with E-state index in [0.29, 0.717) is 30.5 Å². The molecule has 3 aromatic carbocycles. The van der Waals surface area contributed by atoms with Crippen LogP contribution in [0.4, 0.5) is 0 Å². The fourth-order valence-electron chi connectivity index (χ4n) is 6.36. The van der Waals surface area contributed by atoms with E-state index in [4.69, 9.17) is 19.6 Å². The van der Waals surface area contributed by atoms with Gasteiger partial charge in [-0.15, -0.1) is 0 Å². The summed E-state index contributed by atoms with van der Waals surface area (Å²) in [5.41, 5.74) is 4.86. The first-order valence-electron chi connectivity index (χ1n) is 15.5. The van der Waals surface area contributed by atoms with E-state index in [0.717, 1.165) is 46.0 Å². The van der Waals surface area contributed by atoms with Gasteiger partial charge in [0, 0.05) is 44.9 Å². The number of carbonyl (C=O) groups is 1. The zero-order valence-electron chi connectivity index (χ0n) is 25.9. The number of amides is 1. The third kappa shape index (κ3) is 5.20. The maximum atomic E-state index is 13.0. The van der Waals surface area contributed by atoms with Crippen LogP contribution in [0, 0.1) is 0 Å². The normalized spacial score (nSPS) is 13.9. The highest BCUT2D eigenvalue weighted by Crippen LogP contribution is 2.45. The van der Waals surface area contributed by atoms with Crippen LogP contribution in [0.5, 0.6) is 5.88 Å². The molecule has 0 atom stereocenters. The lowest BCUT2D eigenvalue weighted by Crippen LogP contribution is -2.38. The molecule has 1 aliphatic rings. The van der Waals surface area contributed by atoms with E-state index in [1.165, 1.54) is 4.90 Å². The number of aromatic nitrogens is 4. The Labute approximate surface area is 268 Å². The molecule has 230 valence electrons. The summed E-state index contributed by atoms with van der Waals surface area (Å²) in [7, 11) is 3.44. The minimum atomic E-state index is -0.868. The molecule has 0 saturated carbocycles. The molecule has 4 heterocycles. The van der Waals surface area contributed by atoms with Gasteiger partial charge in [-0.05, 0) is 34.9 Å². The van der Waals surface area contributed by atoms with Gasteiger partial charge in [-0.1, -0.05) is 91.0 Å². The highest BCUT2D eigenvalue weighted by molar-refractivity contribution is 5.99. The highest BCUT2D eigenvalue weighted by Gasteiger charge is 2.41. The Morgan fingerprint density at radius 2 is 1.37 bits per heavy atom. The minimum Gasteiger partial charge on any atom is -0.474 e. The summed E-state index contributed by atoms with van der Waals surface area (Å²) in [6.07, 6.45) is 4.97. The minimum absolute atomic E-state index is 0.0338. The van der Waals surface area contributed by atoms with Gasteiger partial charge in [-0.3, -0.25) is 9.78 Å². The summed E-state index contributed by atoms with van der Waals surface area (Å²) < 4.78 is 14.4. The molecule has 8 nitrogen and oxygen atoms in total. The van der Waals surface area contributed by atoms with E-state index in [2.05, 4.69) is 82.5 Å². The lowest BCUT2D eigenvalue weighted by atomic mass is 9.77. The molecular weight excluding hydrogens is 574 g/mol. The topological polar surface area (TPSA) is 82.4 Å². The Morgan fingerprint density at radius 1 is 0.804 bits per heavy atom. The van der Waals surface area contributed by atoms with Crippen LogP contribution < -0.4 is 4.74 Å². The second-order valence-electron chi connectivity index (χ2n) is 11.6. The Hall–Kier alpha value is -5.34. The van der Waals surface area contributed by atoms with Gasteiger partial charge in [0.2, 0.25) is 5.88 Å². The second-order valence-corrected chi connectivity index (χ2v) is 11.6. The standard InChI is InChI=1S/C38H35N5O3/c1-42(2)37(44)32-26-27(18-22-39-32)35-34-33(19-23-40-36(34)46-31-20-24-45-25-21-31)43(41-35)38(28-12-6-3-7-13-28,29-14-8-4-9-15-29)30-16-10-5-11-17-30/h3-19,22-23,26,31H,20-21,24-25H2,1-2H3. The largest absolute Gasteiger partial charge is 0.474 e. The van der Waals surface area contributed by atoms with Gasteiger partial charge in [-0.2, -0.15) is 5.10 Å². The van der Waals surface area contributed by atoms with Gasteiger partial charge in [0.25, 0.3) is 5.91 Å². The second kappa shape index (κ2) is 12.6. The molecule has 0 aliphatic carbocycles. The Bertz CT molecular complexity index is 1860. The van der Waals surface area contributed by atoms with Gasteiger partial charge in [0.05, 0.1) is 24.1 Å². The lowest BCUT2D eigenvalue weighted by Gasteiger charge is -2.37. The molecular formula is C38H35N5O3. The van der Waals surface area contributed by atoms with E-state index in [1.807, 2.05) is 30.3 Å². The van der Waals surface area contributed by atoms with E-state index < -0.39 is 5.54 Å². The number of benzene rings is 3. The predicted octanol–water partition coefficient (Wildman–Crippen LogP) is 6.59. The number of pyridine rings is 2. The van der Waals surface area contributed by atoms with Crippen molar-refractivity contribution in [1.82, 2.24) is 24.6 Å². The van der Waals surface area contributed by atoms with Crippen LogP contribution in [0.3, 0.4) is 0 Å². The van der Waals surface area contributed by atoms with Crippen LogP contribution in [0.2, 0.25) is 0 Å². The van der Waals surface area contributed by atoms with Gasteiger partial charge in [0.15, 0.2) is 0 Å². The zero-order valence-corrected chi connectivity index (χ0v) is 25.9. The molecule has 1 aliphatic heterocycles. The van der Waals surface area contributed by atoms with E-state index >= 15 is 0 Å². The number of ether oxygens (including phenoxy) is 2. The van der Waals surface area contributed by atoms with Crippen molar-refractivity contribution in [3.8, 4) is 17.1 Å². The number of hydrogen-bond acceptors (Lipinski definition) is 6. The van der Waals surface area contributed by atoms with Crippen molar-refractivity contribution in [2.24, 2.45) is 0 Å². The molecule has 1 fully saturated rings. The molecule has 1 saturated heterocycles. The summed E-state index contributed by atoms with van der Waals surface area (Å²) in [5, 5.41) is 6.25. The first-order valence-corrected chi connectivity index (χ1v) is 15.5. The maximum absolute atomic E-state index is 13.0. The van der Waals surface area contributed by atoms with Crippen LogP contribution in [0.25, 0.3) is 22.2 Å². The van der Waals surface area contributed by atoms with Gasteiger partial charge < -0.3 is 14.4 Å². The third-order valence-electron chi connectivity index (χ3n) is 8.56. The van der Waals surface area contributed by atoms with Crippen LogP contribution in [0.1, 0.15) is 40.0 Å². The van der Waals surface area contributed by atoms with Gasteiger partial charge >= 0.3 is 0 Å². The predicted molar refractivity (Wildman–Crippen MR) is 178 cm³/mol. The quantitative estimate of drug-likeness (QED) is 0.181. The number of fused-ring (bicyclic) bond motifs is 1.